The minimum Gasteiger partial charge on any atom is -0.478 e. The molecule has 1 aromatic carbocycles. The maximum atomic E-state index is 13.5. The van der Waals surface area contributed by atoms with Gasteiger partial charge in [0.05, 0.1) is 0 Å². The van der Waals surface area contributed by atoms with Gasteiger partial charge in [-0.05, 0) is 25.5 Å². The van der Waals surface area contributed by atoms with Crippen LogP contribution in [0.25, 0.3) is 11.3 Å². The van der Waals surface area contributed by atoms with Crippen molar-refractivity contribution in [2.75, 3.05) is 0 Å². The topological polar surface area (TPSA) is 55.1 Å². The first-order chi connectivity index (χ1) is 8.52. The summed E-state index contributed by atoms with van der Waals surface area (Å²) in [4.78, 5) is 11.1. The van der Waals surface area contributed by atoms with E-state index in [-0.39, 0.29) is 11.4 Å². The zero-order valence-corrected chi connectivity index (χ0v) is 10.1. The molecule has 1 heterocycles. The summed E-state index contributed by atoms with van der Waals surface area (Å²) in [7, 11) is 0. The van der Waals surface area contributed by atoms with Crippen LogP contribution in [-0.4, -0.2) is 20.9 Å². The fourth-order valence-electron chi connectivity index (χ4n) is 1.69. The van der Waals surface area contributed by atoms with Gasteiger partial charge in [-0.3, -0.25) is 4.68 Å². The molecule has 0 unspecified atom stereocenters. The van der Waals surface area contributed by atoms with Crippen molar-refractivity contribution in [3.63, 3.8) is 0 Å². The number of carboxylic acids is 1. The molecule has 0 saturated carbocycles. The molecule has 0 amide bonds. The number of hydrogen-bond acceptors (Lipinski definition) is 2. The molecule has 4 nitrogen and oxygen atoms in total. The Balaban J connectivity index is 2.58. The number of nitrogens with zero attached hydrogens (tertiary/aromatic N) is 2. The van der Waals surface area contributed by atoms with Crippen LogP contribution >= 0.6 is 0 Å². The van der Waals surface area contributed by atoms with Crippen molar-refractivity contribution in [2.24, 2.45) is 0 Å². The molecule has 1 N–H and O–H groups in total. The summed E-state index contributed by atoms with van der Waals surface area (Å²) in [6, 6.07) is 4.60. The molecule has 2 aromatic rings. The predicted molar refractivity (Wildman–Crippen MR) is 65.0 cm³/mol. The van der Waals surface area contributed by atoms with Crippen LogP contribution in [0, 0.1) is 12.7 Å². The number of aromatic nitrogens is 2. The Bertz CT molecular complexity index is 605. The average Bonchev–Trinajstić information content (AvgIpc) is 2.77. The SMILES string of the molecule is CCn1cc(C(=O)O)c(-c2ccc(C)c(F)c2)n1. The molecule has 0 fully saturated rings. The zero-order valence-electron chi connectivity index (χ0n) is 10.1. The summed E-state index contributed by atoms with van der Waals surface area (Å²) in [5.41, 5.74) is 1.37. The van der Waals surface area contributed by atoms with Gasteiger partial charge in [0, 0.05) is 18.3 Å². The van der Waals surface area contributed by atoms with Crippen molar-refractivity contribution in [3.8, 4) is 11.3 Å². The molecule has 0 spiro atoms. The highest BCUT2D eigenvalue weighted by Gasteiger charge is 2.17. The van der Waals surface area contributed by atoms with Crippen LogP contribution in [0.15, 0.2) is 24.4 Å². The average molecular weight is 248 g/mol. The maximum Gasteiger partial charge on any atom is 0.339 e. The van der Waals surface area contributed by atoms with Crippen LogP contribution in [0.1, 0.15) is 22.8 Å². The Labute approximate surface area is 104 Å². The molecule has 2 rings (SSSR count). The lowest BCUT2D eigenvalue weighted by molar-refractivity contribution is 0.0697. The van der Waals surface area contributed by atoms with Crippen LogP contribution in [0.2, 0.25) is 0 Å². The Morgan fingerprint density at radius 3 is 2.78 bits per heavy atom. The van der Waals surface area contributed by atoms with Crippen molar-refractivity contribution >= 4 is 5.97 Å². The first-order valence-electron chi connectivity index (χ1n) is 5.60. The monoisotopic (exact) mass is 248 g/mol. The second-order valence-corrected chi connectivity index (χ2v) is 4.02. The van der Waals surface area contributed by atoms with Crippen molar-refractivity contribution in [3.05, 3.63) is 41.3 Å². The second-order valence-electron chi connectivity index (χ2n) is 4.02. The minimum absolute atomic E-state index is 0.0834. The number of halogens is 1. The summed E-state index contributed by atoms with van der Waals surface area (Å²) >= 11 is 0. The molecule has 0 radical (unpaired) electrons. The molecule has 0 aliphatic heterocycles. The largest absolute Gasteiger partial charge is 0.478 e. The van der Waals surface area contributed by atoms with E-state index < -0.39 is 5.97 Å². The van der Waals surface area contributed by atoms with E-state index >= 15 is 0 Å². The van der Waals surface area contributed by atoms with Gasteiger partial charge in [0.2, 0.25) is 0 Å². The Hall–Kier alpha value is -2.17. The lowest BCUT2D eigenvalue weighted by atomic mass is 10.1. The maximum absolute atomic E-state index is 13.5. The number of aromatic carboxylic acids is 1. The van der Waals surface area contributed by atoms with E-state index in [4.69, 9.17) is 5.11 Å². The van der Waals surface area contributed by atoms with Gasteiger partial charge in [-0.2, -0.15) is 5.10 Å². The quantitative estimate of drug-likeness (QED) is 0.908. The van der Waals surface area contributed by atoms with Crippen LogP contribution < -0.4 is 0 Å². The number of benzene rings is 1. The van der Waals surface area contributed by atoms with E-state index in [1.54, 1.807) is 19.1 Å². The number of hydrogen-bond donors (Lipinski definition) is 1. The highest BCUT2D eigenvalue weighted by molar-refractivity contribution is 5.94. The van der Waals surface area contributed by atoms with E-state index in [0.29, 0.717) is 23.4 Å². The van der Waals surface area contributed by atoms with Crippen LogP contribution in [0.3, 0.4) is 0 Å². The highest BCUT2D eigenvalue weighted by atomic mass is 19.1. The predicted octanol–water partition coefficient (Wildman–Crippen LogP) is 2.72. The van der Waals surface area contributed by atoms with Crippen molar-refractivity contribution in [2.45, 2.75) is 20.4 Å². The number of carboxylic acid groups (broad SMARTS) is 1. The standard InChI is InChI=1S/C13H13FN2O2/c1-3-16-7-10(13(17)18)12(15-16)9-5-4-8(2)11(14)6-9/h4-7H,3H2,1-2H3,(H,17,18). The molecule has 0 atom stereocenters. The van der Waals surface area contributed by atoms with Gasteiger partial charge in [-0.1, -0.05) is 12.1 Å². The third-order valence-corrected chi connectivity index (χ3v) is 2.76. The molecule has 0 bridgehead atoms. The fraction of sp³-hybridized carbons (Fsp3) is 0.231. The minimum atomic E-state index is -1.06. The molecule has 5 heteroatoms. The van der Waals surface area contributed by atoms with Gasteiger partial charge in [0.1, 0.15) is 17.1 Å². The normalized spacial score (nSPS) is 10.6. The van der Waals surface area contributed by atoms with E-state index in [1.807, 2.05) is 6.92 Å². The van der Waals surface area contributed by atoms with Crippen molar-refractivity contribution in [1.29, 1.82) is 0 Å². The van der Waals surface area contributed by atoms with E-state index in [0.717, 1.165) is 0 Å². The molecule has 0 aliphatic rings. The number of aryl methyl sites for hydroxylation is 2. The Kier molecular flexibility index (Phi) is 3.14. The van der Waals surface area contributed by atoms with Gasteiger partial charge in [-0.25, -0.2) is 9.18 Å². The van der Waals surface area contributed by atoms with Crippen LogP contribution in [0.4, 0.5) is 4.39 Å². The Morgan fingerprint density at radius 1 is 1.50 bits per heavy atom. The molecule has 18 heavy (non-hydrogen) atoms. The second kappa shape index (κ2) is 4.60. The van der Waals surface area contributed by atoms with E-state index in [2.05, 4.69) is 5.10 Å². The number of carbonyl (C=O) groups is 1. The third kappa shape index (κ3) is 2.11. The fourth-order valence-corrected chi connectivity index (χ4v) is 1.69. The lowest BCUT2D eigenvalue weighted by Crippen LogP contribution is -1.97. The first kappa shape index (κ1) is 12.3. The first-order valence-corrected chi connectivity index (χ1v) is 5.60. The summed E-state index contributed by atoms with van der Waals surface area (Å²) < 4.78 is 15.0. The Morgan fingerprint density at radius 2 is 2.22 bits per heavy atom. The van der Waals surface area contributed by atoms with E-state index in [9.17, 15) is 9.18 Å². The van der Waals surface area contributed by atoms with Gasteiger partial charge in [0.15, 0.2) is 0 Å². The van der Waals surface area contributed by atoms with Crippen molar-refractivity contribution < 1.29 is 14.3 Å². The summed E-state index contributed by atoms with van der Waals surface area (Å²) in [5.74, 6) is -1.43. The van der Waals surface area contributed by atoms with Crippen LogP contribution in [-0.2, 0) is 6.54 Å². The summed E-state index contributed by atoms with van der Waals surface area (Å²) in [6.07, 6.45) is 1.45. The van der Waals surface area contributed by atoms with Gasteiger partial charge in [-0.15, -0.1) is 0 Å². The van der Waals surface area contributed by atoms with E-state index in [1.165, 1.54) is 16.9 Å². The zero-order chi connectivity index (χ0) is 13.3. The molecule has 1 aromatic heterocycles. The summed E-state index contributed by atoms with van der Waals surface area (Å²) in [5, 5.41) is 13.3. The molecular weight excluding hydrogens is 235 g/mol. The third-order valence-electron chi connectivity index (χ3n) is 2.76. The van der Waals surface area contributed by atoms with Gasteiger partial charge >= 0.3 is 5.97 Å². The highest BCUT2D eigenvalue weighted by Crippen LogP contribution is 2.24. The molecule has 0 aliphatic carbocycles. The smallest absolute Gasteiger partial charge is 0.339 e. The molecule has 0 saturated heterocycles. The molecular formula is C13H13FN2O2. The molecule has 94 valence electrons. The van der Waals surface area contributed by atoms with Gasteiger partial charge < -0.3 is 5.11 Å². The number of rotatable bonds is 3. The summed E-state index contributed by atoms with van der Waals surface area (Å²) in [6.45, 7) is 4.08. The lowest BCUT2D eigenvalue weighted by Gasteiger charge is -2.01. The van der Waals surface area contributed by atoms with Gasteiger partial charge in [0.25, 0.3) is 0 Å². The van der Waals surface area contributed by atoms with Crippen LogP contribution in [0.5, 0.6) is 0 Å². The van der Waals surface area contributed by atoms with Crippen molar-refractivity contribution in [1.82, 2.24) is 9.78 Å².